The summed E-state index contributed by atoms with van der Waals surface area (Å²) in [6.45, 7) is 4.11. The van der Waals surface area contributed by atoms with Gasteiger partial charge in [0.1, 0.15) is 23.8 Å². The fourth-order valence-corrected chi connectivity index (χ4v) is 3.58. The van der Waals surface area contributed by atoms with Gasteiger partial charge in [-0.05, 0) is 53.8 Å². The zero-order valence-corrected chi connectivity index (χ0v) is 14.3. The zero-order chi connectivity index (χ0) is 18.1. The summed E-state index contributed by atoms with van der Waals surface area (Å²) >= 11 is 0. The van der Waals surface area contributed by atoms with Gasteiger partial charge >= 0.3 is 0 Å². The molecule has 1 aliphatic heterocycles. The third kappa shape index (κ3) is 3.30. The van der Waals surface area contributed by atoms with Crippen LogP contribution in [0.2, 0.25) is 0 Å². The summed E-state index contributed by atoms with van der Waals surface area (Å²) < 4.78 is 32.9. The average molecular weight is 358 g/mol. The average Bonchev–Trinajstić information content (AvgIpc) is 3.10. The molecule has 1 spiro atoms. The first-order chi connectivity index (χ1) is 12.6. The zero-order valence-electron chi connectivity index (χ0n) is 14.3. The van der Waals surface area contributed by atoms with Crippen molar-refractivity contribution in [3.05, 3.63) is 77.9 Å². The predicted molar refractivity (Wildman–Crippen MR) is 92.8 cm³/mol. The fourth-order valence-electron chi connectivity index (χ4n) is 3.58. The monoisotopic (exact) mass is 358 g/mol. The Labute approximate surface area is 151 Å². The molecule has 3 nitrogen and oxygen atoms in total. The van der Waals surface area contributed by atoms with Crippen LogP contribution in [-0.4, -0.2) is 11.9 Å². The first-order valence-corrected chi connectivity index (χ1v) is 8.79. The van der Waals surface area contributed by atoms with Gasteiger partial charge in [-0.25, -0.2) is 18.6 Å². The minimum absolute atomic E-state index is 0.314. The largest absolute Gasteiger partial charge is 0.336 e. The maximum absolute atomic E-state index is 13.4. The Hall–Kier alpha value is -2.08. The van der Waals surface area contributed by atoms with E-state index in [1.807, 2.05) is 0 Å². The van der Waals surface area contributed by atoms with Crippen molar-refractivity contribution >= 4 is 5.57 Å². The Morgan fingerprint density at radius 3 is 2.12 bits per heavy atom. The molecule has 0 bridgehead atoms. The van der Waals surface area contributed by atoms with Crippen LogP contribution in [0.5, 0.6) is 0 Å². The highest BCUT2D eigenvalue weighted by molar-refractivity contribution is 5.67. The maximum Gasteiger partial charge on any atom is 0.202 e. The topological polar surface area (TPSA) is 27.7 Å². The molecule has 2 atom stereocenters. The predicted octanol–water partition coefficient (Wildman–Crippen LogP) is 5.34. The van der Waals surface area contributed by atoms with Crippen molar-refractivity contribution in [2.45, 2.75) is 43.7 Å². The van der Waals surface area contributed by atoms with Crippen LogP contribution in [0.1, 0.15) is 42.9 Å². The highest BCUT2D eigenvalue weighted by Crippen LogP contribution is 2.46. The van der Waals surface area contributed by atoms with E-state index in [2.05, 4.69) is 6.58 Å². The van der Waals surface area contributed by atoms with E-state index in [-0.39, 0.29) is 11.6 Å². The molecule has 4 rings (SSSR count). The Balaban J connectivity index is 1.66. The molecule has 5 heteroatoms. The SMILES string of the molecule is C=C(c1ccc(F)cc1)[C@H]1OOC2(CCCC2)O[C@@H]1c1ccc(F)cc1. The molecule has 2 aromatic carbocycles. The van der Waals surface area contributed by atoms with Gasteiger partial charge in [0, 0.05) is 12.8 Å². The van der Waals surface area contributed by atoms with E-state index >= 15 is 0 Å². The van der Waals surface area contributed by atoms with Crippen LogP contribution >= 0.6 is 0 Å². The molecule has 0 radical (unpaired) electrons. The maximum atomic E-state index is 13.4. The van der Waals surface area contributed by atoms with E-state index in [0.717, 1.165) is 36.8 Å². The van der Waals surface area contributed by atoms with Crippen molar-refractivity contribution in [3.63, 3.8) is 0 Å². The lowest BCUT2D eigenvalue weighted by Crippen LogP contribution is -2.45. The molecule has 1 saturated heterocycles. The lowest BCUT2D eigenvalue weighted by molar-refractivity contribution is -0.493. The molecule has 1 aliphatic carbocycles. The molecular formula is C21H20F2O3. The lowest BCUT2D eigenvalue weighted by atomic mass is 9.93. The minimum Gasteiger partial charge on any atom is -0.336 e. The smallest absolute Gasteiger partial charge is 0.202 e. The third-order valence-electron chi connectivity index (χ3n) is 5.04. The number of halogens is 2. The van der Waals surface area contributed by atoms with Crippen molar-refractivity contribution < 1.29 is 23.3 Å². The second kappa shape index (κ2) is 6.91. The van der Waals surface area contributed by atoms with Gasteiger partial charge in [0.15, 0.2) is 0 Å². The van der Waals surface area contributed by atoms with Crippen LogP contribution in [0, 0.1) is 11.6 Å². The fraction of sp³-hybridized carbons (Fsp3) is 0.333. The standard InChI is InChI=1S/C21H20F2O3/c1-14(15-4-8-17(22)9-5-15)19-20(16-6-10-18(23)11-7-16)24-21(26-25-19)12-2-3-13-21/h4-11,19-20H,1-3,12-13H2/t19-,20-/m1/s1. The quantitative estimate of drug-likeness (QED) is 0.694. The van der Waals surface area contributed by atoms with Gasteiger partial charge in [0.05, 0.1) is 0 Å². The summed E-state index contributed by atoms with van der Waals surface area (Å²) in [5, 5.41) is 0. The van der Waals surface area contributed by atoms with Crippen molar-refractivity contribution in [1.82, 2.24) is 0 Å². The van der Waals surface area contributed by atoms with Crippen LogP contribution in [0.15, 0.2) is 55.1 Å². The number of ether oxygens (including phenoxy) is 1. The summed E-state index contributed by atoms with van der Waals surface area (Å²) in [5.74, 6) is -1.40. The van der Waals surface area contributed by atoms with Gasteiger partial charge < -0.3 is 4.74 Å². The first-order valence-electron chi connectivity index (χ1n) is 8.79. The molecule has 2 fully saturated rings. The molecule has 1 saturated carbocycles. The third-order valence-corrected chi connectivity index (χ3v) is 5.04. The Bertz CT molecular complexity index is 780. The molecule has 26 heavy (non-hydrogen) atoms. The van der Waals surface area contributed by atoms with Crippen LogP contribution in [0.25, 0.3) is 5.57 Å². The van der Waals surface area contributed by atoms with E-state index < -0.39 is 18.0 Å². The first kappa shape index (κ1) is 17.3. The van der Waals surface area contributed by atoms with E-state index in [0.29, 0.717) is 5.57 Å². The van der Waals surface area contributed by atoms with Crippen molar-refractivity contribution in [2.24, 2.45) is 0 Å². The van der Waals surface area contributed by atoms with Crippen LogP contribution in [0.4, 0.5) is 8.78 Å². The molecule has 1 heterocycles. The summed E-state index contributed by atoms with van der Waals surface area (Å²) in [6, 6.07) is 12.2. The normalized spacial score (nSPS) is 24.7. The number of benzene rings is 2. The Morgan fingerprint density at radius 2 is 1.50 bits per heavy atom. The number of hydrogen-bond donors (Lipinski definition) is 0. The Kier molecular flexibility index (Phi) is 4.61. The van der Waals surface area contributed by atoms with Gasteiger partial charge in [-0.1, -0.05) is 30.8 Å². The molecule has 2 aliphatic rings. The second-order valence-corrected chi connectivity index (χ2v) is 6.84. The molecular weight excluding hydrogens is 338 g/mol. The van der Waals surface area contributed by atoms with Gasteiger partial charge in [-0.3, -0.25) is 0 Å². The van der Waals surface area contributed by atoms with Crippen LogP contribution < -0.4 is 0 Å². The van der Waals surface area contributed by atoms with E-state index in [4.69, 9.17) is 14.5 Å². The summed E-state index contributed by atoms with van der Waals surface area (Å²) in [5.41, 5.74) is 2.14. The van der Waals surface area contributed by atoms with E-state index in [1.54, 1.807) is 24.3 Å². The number of hydrogen-bond acceptors (Lipinski definition) is 3. The second-order valence-electron chi connectivity index (χ2n) is 6.84. The van der Waals surface area contributed by atoms with Gasteiger partial charge in [0.25, 0.3) is 0 Å². The van der Waals surface area contributed by atoms with Gasteiger partial charge in [0.2, 0.25) is 5.79 Å². The highest BCUT2D eigenvalue weighted by atomic mass is 19.1. The molecule has 136 valence electrons. The lowest BCUT2D eigenvalue weighted by Gasteiger charge is -2.42. The van der Waals surface area contributed by atoms with Crippen molar-refractivity contribution in [1.29, 1.82) is 0 Å². The van der Waals surface area contributed by atoms with Gasteiger partial charge in [-0.15, -0.1) is 0 Å². The van der Waals surface area contributed by atoms with Crippen molar-refractivity contribution in [2.75, 3.05) is 0 Å². The highest BCUT2D eigenvalue weighted by Gasteiger charge is 2.48. The molecule has 0 amide bonds. The Morgan fingerprint density at radius 1 is 0.923 bits per heavy atom. The van der Waals surface area contributed by atoms with Crippen LogP contribution in [0.3, 0.4) is 0 Å². The number of rotatable bonds is 3. The van der Waals surface area contributed by atoms with Crippen molar-refractivity contribution in [3.8, 4) is 0 Å². The van der Waals surface area contributed by atoms with E-state index in [9.17, 15) is 8.78 Å². The van der Waals surface area contributed by atoms with Gasteiger partial charge in [-0.2, -0.15) is 0 Å². The molecule has 0 aromatic heterocycles. The minimum atomic E-state index is -0.765. The summed E-state index contributed by atoms with van der Waals surface area (Å²) in [4.78, 5) is 11.4. The van der Waals surface area contributed by atoms with E-state index in [1.165, 1.54) is 24.3 Å². The molecule has 2 aromatic rings. The molecule has 0 unspecified atom stereocenters. The molecule has 0 N–H and O–H groups in total. The summed E-state index contributed by atoms with van der Waals surface area (Å²) in [7, 11) is 0. The van der Waals surface area contributed by atoms with Crippen LogP contribution in [-0.2, 0) is 14.5 Å². The summed E-state index contributed by atoms with van der Waals surface area (Å²) in [6.07, 6.45) is 2.41.